The standard InChI is InChI=1S/C19H16F3N3OS/c1-12-5-7-13(8-6-12)18-23-16(11-27-18)10-17(26)25-24-15-4-2-3-14(9-15)19(20,21)22/h2-9,11,24H,10H2,1H3,(H,25,26). The summed E-state index contributed by atoms with van der Waals surface area (Å²) in [6.07, 6.45) is -4.41. The highest BCUT2D eigenvalue weighted by Gasteiger charge is 2.30. The van der Waals surface area contributed by atoms with Crippen molar-refractivity contribution in [2.24, 2.45) is 0 Å². The van der Waals surface area contributed by atoms with E-state index in [2.05, 4.69) is 15.8 Å². The maximum atomic E-state index is 12.7. The first kappa shape index (κ1) is 18.9. The molecule has 2 N–H and O–H groups in total. The van der Waals surface area contributed by atoms with E-state index in [9.17, 15) is 18.0 Å². The number of anilines is 1. The van der Waals surface area contributed by atoms with Gasteiger partial charge in [0.1, 0.15) is 5.01 Å². The average molecular weight is 391 g/mol. The van der Waals surface area contributed by atoms with Crippen LogP contribution in [0.1, 0.15) is 16.8 Å². The highest BCUT2D eigenvalue weighted by atomic mass is 32.1. The lowest BCUT2D eigenvalue weighted by atomic mass is 10.2. The third-order valence-electron chi connectivity index (χ3n) is 3.73. The van der Waals surface area contributed by atoms with Gasteiger partial charge in [0.2, 0.25) is 5.91 Å². The highest BCUT2D eigenvalue weighted by Crippen LogP contribution is 2.30. The van der Waals surface area contributed by atoms with Crippen LogP contribution in [0.5, 0.6) is 0 Å². The fourth-order valence-electron chi connectivity index (χ4n) is 2.34. The number of alkyl halides is 3. The molecule has 0 bridgehead atoms. The Morgan fingerprint density at radius 1 is 1.15 bits per heavy atom. The van der Waals surface area contributed by atoms with E-state index in [0.29, 0.717) is 5.69 Å². The number of carbonyl (C=O) groups is 1. The molecule has 8 heteroatoms. The summed E-state index contributed by atoms with van der Waals surface area (Å²) in [7, 11) is 0. The van der Waals surface area contributed by atoms with Gasteiger partial charge in [-0.15, -0.1) is 11.3 Å². The molecule has 27 heavy (non-hydrogen) atoms. The summed E-state index contributed by atoms with van der Waals surface area (Å²) >= 11 is 1.43. The van der Waals surface area contributed by atoms with Crippen molar-refractivity contribution in [3.05, 3.63) is 70.7 Å². The molecular weight excluding hydrogens is 375 g/mol. The van der Waals surface area contributed by atoms with Gasteiger partial charge in [0.05, 0.1) is 23.4 Å². The van der Waals surface area contributed by atoms with E-state index in [1.165, 1.54) is 23.5 Å². The molecule has 1 heterocycles. The van der Waals surface area contributed by atoms with Crippen LogP contribution >= 0.6 is 11.3 Å². The van der Waals surface area contributed by atoms with Crippen LogP contribution in [0.15, 0.2) is 53.9 Å². The molecule has 3 rings (SSSR count). The molecule has 0 unspecified atom stereocenters. The molecule has 0 saturated carbocycles. The average Bonchev–Trinajstić information content (AvgIpc) is 3.08. The summed E-state index contributed by atoms with van der Waals surface area (Å²) in [5.74, 6) is -0.395. The Labute approximate surface area is 158 Å². The monoisotopic (exact) mass is 391 g/mol. The molecule has 4 nitrogen and oxygen atoms in total. The summed E-state index contributed by atoms with van der Waals surface area (Å²) in [5, 5.41) is 2.60. The summed E-state index contributed by atoms with van der Waals surface area (Å²) in [5.41, 5.74) is 6.97. The number of hydrogen-bond donors (Lipinski definition) is 2. The first-order valence-electron chi connectivity index (χ1n) is 8.05. The van der Waals surface area contributed by atoms with E-state index >= 15 is 0 Å². The van der Waals surface area contributed by atoms with E-state index in [0.717, 1.165) is 28.3 Å². The predicted octanol–water partition coefficient (Wildman–Crippen LogP) is 4.82. The van der Waals surface area contributed by atoms with Gasteiger partial charge < -0.3 is 0 Å². The smallest absolute Gasteiger partial charge is 0.299 e. The maximum absolute atomic E-state index is 12.7. The normalized spacial score (nSPS) is 11.3. The molecule has 0 radical (unpaired) electrons. The Bertz CT molecular complexity index is 936. The van der Waals surface area contributed by atoms with Crippen molar-refractivity contribution in [1.82, 2.24) is 10.4 Å². The molecule has 0 aliphatic carbocycles. The third kappa shape index (κ3) is 5.07. The Hall–Kier alpha value is -2.87. The van der Waals surface area contributed by atoms with Crippen LogP contribution in [-0.4, -0.2) is 10.9 Å². The van der Waals surface area contributed by atoms with Crippen molar-refractivity contribution < 1.29 is 18.0 Å². The fraction of sp³-hybridized carbons (Fsp3) is 0.158. The highest BCUT2D eigenvalue weighted by molar-refractivity contribution is 7.13. The minimum absolute atomic E-state index is 0.0221. The second-order valence-corrected chi connectivity index (χ2v) is 6.80. The lowest BCUT2D eigenvalue weighted by molar-refractivity contribution is -0.137. The van der Waals surface area contributed by atoms with Crippen molar-refractivity contribution in [2.45, 2.75) is 19.5 Å². The summed E-state index contributed by atoms with van der Waals surface area (Å²) < 4.78 is 38.1. The molecule has 0 spiro atoms. The predicted molar refractivity (Wildman–Crippen MR) is 99.2 cm³/mol. The number of thiazole rings is 1. The van der Waals surface area contributed by atoms with Crippen molar-refractivity contribution in [3.8, 4) is 10.6 Å². The lowest BCUT2D eigenvalue weighted by Gasteiger charge is -2.11. The van der Waals surface area contributed by atoms with Crippen LogP contribution < -0.4 is 10.9 Å². The number of carbonyl (C=O) groups excluding carboxylic acids is 1. The van der Waals surface area contributed by atoms with Gasteiger partial charge in [0.25, 0.3) is 0 Å². The summed E-state index contributed by atoms with van der Waals surface area (Å²) in [6.45, 7) is 2.00. The molecule has 0 atom stereocenters. The molecule has 1 amide bonds. The first-order chi connectivity index (χ1) is 12.8. The number of rotatable bonds is 5. The number of nitrogens with one attached hydrogen (secondary N) is 2. The van der Waals surface area contributed by atoms with Gasteiger partial charge in [-0.1, -0.05) is 35.9 Å². The molecule has 0 aliphatic heterocycles. The number of aryl methyl sites for hydroxylation is 1. The molecular formula is C19H16F3N3OS. The minimum atomic E-state index is -4.44. The van der Waals surface area contributed by atoms with Gasteiger partial charge in [-0.2, -0.15) is 13.2 Å². The second-order valence-electron chi connectivity index (χ2n) is 5.94. The van der Waals surface area contributed by atoms with Crippen molar-refractivity contribution in [3.63, 3.8) is 0 Å². The van der Waals surface area contributed by atoms with Crippen molar-refractivity contribution >= 4 is 22.9 Å². The van der Waals surface area contributed by atoms with Crippen LogP contribution in [0.3, 0.4) is 0 Å². The van der Waals surface area contributed by atoms with Gasteiger partial charge in [0.15, 0.2) is 0 Å². The molecule has 2 aromatic carbocycles. The number of hydrazine groups is 1. The summed E-state index contributed by atoms with van der Waals surface area (Å²) in [6, 6.07) is 12.5. The topological polar surface area (TPSA) is 54.0 Å². The number of aromatic nitrogens is 1. The molecule has 3 aromatic rings. The first-order valence-corrected chi connectivity index (χ1v) is 8.93. The van der Waals surface area contributed by atoms with E-state index in [-0.39, 0.29) is 12.1 Å². The summed E-state index contributed by atoms with van der Waals surface area (Å²) in [4.78, 5) is 16.5. The van der Waals surface area contributed by atoms with Crippen LogP contribution in [0.2, 0.25) is 0 Å². The Morgan fingerprint density at radius 3 is 2.59 bits per heavy atom. The third-order valence-corrected chi connectivity index (χ3v) is 4.67. The molecule has 0 fully saturated rings. The van der Waals surface area contributed by atoms with E-state index in [4.69, 9.17) is 0 Å². The molecule has 140 valence electrons. The van der Waals surface area contributed by atoms with Gasteiger partial charge in [0, 0.05) is 10.9 Å². The lowest BCUT2D eigenvalue weighted by Crippen LogP contribution is -2.30. The Kier molecular flexibility index (Phi) is 5.46. The second kappa shape index (κ2) is 7.79. The van der Waals surface area contributed by atoms with Gasteiger partial charge in [-0.25, -0.2) is 4.98 Å². The van der Waals surface area contributed by atoms with Crippen molar-refractivity contribution in [2.75, 3.05) is 5.43 Å². The fourth-order valence-corrected chi connectivity index (χ4v) is 3.17. The number of amides is 1. The van der Waals surface area contributed by atoms with Gasteiger partial charge in [-0.05, 0) is 25.1 Å². The zero-order chi connectivity index (χ0) is 19.4. The van der Waals surface area contributed by atoms with E-state index in [1.807, 2.05) is 31.2 Å². The number of benzene rings is 2. The van der Waals surface area contributed by atoms with Crippen LogP contribution in [0.4, 0.5) is 18.9 Å². The zero-order valence-corrected chi connectivity index (χ0v) is 15.1. The quantitative estimate of drug-likeness (QED) is 0.613. The SMILES string of the molecule is Cc1ccc(-c2nc(CC(=O)NNc3cccc(C(F)(F)F)c3)cs2)cc1. The van der Waals surface area contributed by atoms with Crippen LogP contribution in [0.25, 0.3) is 10.6 Å². The van der Waals surface area contributed by atoms with Crippen LogP contribution in [-0.2, 0) is 17.4 Å². The number of nitrogens with zero attached hydrogens (tertiary/aromatic N) is 1. The zero-order valence-electron chi connectivity index (χ0n) is 14.3. The number of hydrogen-bond acceptors (Lipinski definition) is 4. The molecule has 1 aromatic heterocycles. The van der Waals surface area contributed by atoms with Gasteiger partial charge in [-0.3, -0.25) is 15.6 Å². The molecule has 0 saturated heterocycles. The largest absolute Gasteiger partial charge is 0.416 e. The van der Waals surface area contributed by atoms with Gasteiger partial charge >= 0.3 is 6.18 Å². The van der Waals surface area contributed by atoms with Crippen LogP contribution in [0, 0.1) is 6.92 Å². The Balaban J connectivity index is 1.58. The van der Waals surface area contributed by atoms with E-state index < -0.39 is 17.6 Å². The maximum Gasteiger partial charge on any atom is 0.416 e. The van der Waals surface area contributed by atoms with E-state index in [1.54, 1.807) is 5.38 Å². The molecule has 0 aliphatic rings. The minimum Gasteiger partial charge on any atom is -0.299 e. The van der Waals surface area contributed by atoms with Crippen molar-refractivity contribution in [1.29, 1.82) is 0 Å². The Morgan fingerprint density at radius 2 is 1.89 bits per heavy atom. The number of halogens is 3.